The summed E-state index contributed by atoms with van der Waals surface area (Å²) in [6, 6.07) is 0. The van der Waals surface area contributed by atoms with E-state index in [1.807, 2.05) is 4.90 Å². The fourth-order valence-electron chi connectivity index (χ4n) is 2.82. The summed E-state index contributed by atoms with van der Waals surface area (Å²) < 4.78 is 17.3. The Morgan fingerprint density at radius 2 is 2.20 bits per heavy atom. The average molecular weight is 349 g/mol. The summed E-state index contributed by atoms with van der Waals surface area (Å²) in [6.45, 7) is 3.05. The number of ether oxygens (including phenoxy) is 2. The maximum absolute atomic E-state index is 12.3. The van der Waals surface area contributed by atoms with Crippen molar-refractivity contribution < 1.29 is 18.8 Å². The summed E-state index contributed by atoms with van der Waals surface area (Å²) >= 11 is 0. The smallest absolute Gasteiger partial charge is 0.252 e. The average Bonchev–Trinajstić information content (AvgIpc) is 3.31. The summed E-state index contributed by atoms with van der Waals surface area (Å²) in [5.41, 5.74) is 0. The Bertz CT molecular complexity index is 649. The molecule has 0 N–H and O–H groups in total. The number of carbonyl (C=O) groups excluding carboxylic acids is 1. The van der Waals surface area contributed by atoms with E-state index in [0.717, 1.165) is 12.8 Å². The lowest BCUT2D eigenvalue weighted by Gasteiger charge is -2.30. The van der Waals surface area contributed by atoms with Crippen LogP contribution in [0.25, 0.3) is 0 Å². The zero-order valence-corrected chi connectivity index (χ0v) is 14.3. The van der Waals surface area contributed by atoms with Crippen molar-refractivity contribution in [3.8, 4) is 0 Å². The molecule has 3 rings (SSSR count). The van der Waals surface area contributed by atoms with Gasteiger partial charge in [0.05, 0.1) is 19.5 Å². The third-order valence-electron chi connectivity index (χ3n) is 4.23. The third kappa shape index (κ3) is 4.86. The van der Waals surface area contributed by atoms with E-state index in [4.69, 9.17) is 14.0 Å². The number of nitrogens with zero attached hydrogens (tertiary/aromatic N) is 5. The molecule has 9 nitrogen and oxygen atoms in total. The van der Waals surface area contributed by atoms with Crippen molar-refractivity contribution in [2.45, 2.75) is 31.9 Å². The van der Waals surface area contributed by atoms with E-state index >= 15 is 0 Å². The largest absolute Gasteiger partial charge is 0.382 e. The molecule has 1 fully saturated rings. The van der Waals surface area contributed by atoms with E-state index in [-0.39, 0.29) is 11.8 Å². The lowest BCUT2D eigenvalue weighted by Crippen LogP contribution is -2.39. The van der Waals surface area contributed by atoms with Crippen LogP contribution in [0.4, 0.5) is 0 Å². The predicted octanol–water partition coefficient (Wildman–Crippen LogP) is 0.835. The Labute approximate surface area is 145 Å². The summed E-state index contributed by atoms with van der Waals surface area (Å²) in [4.78, 5) is 22.5. The van der Waals surface area contributed by atoms with Gasteiger partial charge in [-0.1, -0.05) is 5.16 Å². The SMILES string of the molecule is COCCOCc1nc(C2CCN(C(=O)Cn3ccnc3)CC2)no1. The van der Waals surface area contributed by atoms with Gasteiger partial charge in [-0.2, -0.15) is 4.98 Å². The van der Waals surface area contributed by atoms with Crippen LogP contribution in [0, 0.1) is 0 Å². The van der Waals surface area contributed by atoms with E-state index in [1.54, 1.807) is 30.4 Å². The fourth-order valence-corrected chi connectivity index (χ4v) is 2.82. The van der Waals surface area contributed by atoms with Crippen LogP contribution < -0.4 is 0 Å². The Balaban J connectivity index is 1.44. The molecule has 2 aromatic rings. The zero-order valence-electron chi connectivity index (χ0n) is 14.3. The van der Waals surface area contributed by atoms with Crippen molar-refractivity contribution in [3.05, 3.63) is 30.4 Å². The lowest BCUT2D eigenvalue weighted by atomic mass is 9.96. The first kappa shape index (κ1) is 17.6. The van der Waals surface area contributed by atoms with Crippen LogP contribution >= 0.6 is 0 Å². The van der Waals surface area contributed by atoms with Crippen LogP contribution in [0.1, 0.15) is 30.5 Å². The molecule has 0 radical (unpaired) electrons. The minimum atomic E-state index is 0.108. The molecule has 0 aliphatic carbocycles. The van der Waals surface area contributed by atoms with Gasteiger partial charge in [-0.15, -0.1) is 0 Å². The normalized spacial score (nSPS) is 15.6. The second kappa shape index (κ2) is 8.72. The molecule has 25 heavy (non-hydrogen) atoms. The van der Waals surface area contributed by atoms with Crippen LogP contribution in [0.15, 0.2) is 23.2 Å². The van der Waals surface area contributed by atoms with E-state index in [2.05, 4.69) is 15.1 Å². The van der Waals surface area contributed by atoms with E-state index in [1.165, 1.54) is 0 Å². The number of methoxy groups -OCH3 is 1. The molecule has 3 heterocycles. The van der Waals surface area contributed by atoms with Gasteiger partial charge in [0.1, 0.15) is 13.2 Å². The minimum Gasteiger partial charge on any atom is -0.382 e. The Morgan fingerprint density at radius 3 is 2.92 bits per heavy atom. The number of hydrogen-bond acceptors (Lipinski definition) is 7. The summed E-state index contributed by atoms with van der Waals surface area (Å²) in [5, 5.41) is 4.06. The number of rotatable bonds is 8. The second-order valence-corrected chi connectivity index (χ2v) is 5.98. The molecule has 0 atom stereocenters. The molecule has 1 aliphatic heterocycles. The lowest BCUT2D eigenvalue weighted by molar-refractivity contribution is -0.132. The van der Waals surface area contributed by atoms with Gasteiger partial charge in [-0.05, 0) is 12.8 Å². The summed E-state index contributed by atoms with van der Waals surface area (Å²) in [6.07, 6.45) is 6.78. The summed E-state index contributed by atoms with van der Waals surface area (Å²) in [5.74, 6) is 1.50. The summed E-state index contributed by atoms with van der Waals surface area (Å²) in [7, 11) is 1.63. The number of aromatic nitrogens is 4. The van der Waals surface area contributed by atoms with Crippen molar-refractivity contribution in [2.24, 2.45) is 0 Å². The molecule has 0 aromatic carbocycles. The Kier molecular flexibility index (Phi) is 6.13. The Hall–Kier alpha value is -2.26. The first-order valence-corrected chi connectivity index (χ1v) is 8.39. The molecule has 1 saturated heterocycles. The third-order valence-corrected chi connectivity index (χ3v) is 4.23. The minimum absolute atomic E-state index is 0.108. The molecule has 2 aromatic heterocycles. The molecule has 9 heteroatoms. The van der Waals surface area contributed by atoms with Crippen molar-refractivity contribution >= 4 is 5.91 Å². The van der Waals surface area contributed by atoms with Crippen molar-refractivity contribution in [1.29, 1.82) is 0 Å². The van der Waals surface area contributed by atoms with Crippen molar-refractivity contribution in [2.75, 3.05) is 33.4 Å². The van der Waals surface area contributed by atoms with E-state index in [9.17, 15) is 4.79 Å². The number of hydrogen-bond donors (Lipinski definition) is 0. The van der Waals surface area contributed by atoms with Gasteiger partial charge >= 0.3 is 0 Å². The van der Waals surface area contributed by atoms with Gasteiger partial charge in [0.15, 0.2) is 5.82 Å². The van der Waals surface area contributed by atoms with Crippen LogP contribution in [0.3, 0.4) is 0 Å². The molecule has 0 unspecified atom stereocenters. The fraction of sp³-hybridized carbons (Fsp3) is 0.625. The molecule has 0 spiro atoms. The second-order valence-electron chi connectivity index (χ2n) is 5.98. The number of carbonyl (C=O) groups is 1. The molecule has 1 amide bonds. The highest BCUT2D eigenvalue weighted by atomic mass is 16.5. The number of piperidine rings is 1. The maximum Gasteiger partial charge on any atom is 0.252 e. The maximum atomic E-state index is 12.3. The zero-order chi connectivity index (χ0) is 17.5. The van der Waals surface area contributed by atoms with E-state index < -0.39 is 0 Å². The Morgan fingerprint density at radius 1 is 1.36 bits per heavy atom. The first-order chi connectivity index (χ1) is 12.3. The standard InChI is InChI=1S/C16H23N5O4/c1-23-8-9-24-11-14-18-16(19-25-14)13-2-5-21(6-3-13)15(22)10-20-7-4-17-12-20/h4,7,12-13H,2-3,5-6,8-11H2,1H3. The van der Waals surface area contributed by atoms with Crippen molar-refractivity contribution in [3.63, 3.8) is 0 Å². The van der Waals surface area contributed by atoms with Gasteiger partial charge in [0, 0.05) is 38.5 Å². The van der Waals surface area contributed by atoms with Gasteiger partial charge in [-0.3, -0.25) is 4.79 Å². The predicted molar refractivity (Wildman–Crippen MR) is 86.6 cm³/mol. The van der Waals surface area contributed by atoms with Crippen LogP contribution in [0.5, 0.6) is 0 Å². The monoisotopic (exact) mass is 349 g/mol. The van der Waals surface area contributed by atoms with Crippen molar-refractivity contribution in [1.82, 2.24) is 24.6 Å². The molecule has 0 bridgehead atoms. The van der Waals surface area contributed by atoms with E-state index in [0.29, 0.717) is 51.2 Å². The van der Waals surface area contributed by atoms with Gasteiger partial charge in [0.2, 0.25) is 5.91 Å². The molecular formula is C16H23N5O4. The van der Waals surface area contributed by atoms with Crippen LogP contribution in [-0.4, -0.2) is 63.9 Å². The number of amides is 1. The number of likely N-dealkylation sites (tertiary alicyclic amines) is 1. The first-order valence-electron chi connectivity index (χ1n) is 8.39. The highest BCUT2D eigenvalue weighted by Crippen LogP contribution is 2.26. The molecule has 136 valence electrons. The molecular weight excluding hydrogens is 326 g/mol. The number of imidazole rings is 1. The van der Waals surface area contributed by atoms with Crippen LogP contribution in [0.2, 0.25) is 0 Å². The topological polar surface area (TPSA) is 95.5 Å². The van der Waals surface area contributed by atoms with Crippen LogP contribution in [-0.2, 0) is 27.4 Å². The quantitative estimate of drug-likeness (QED) is 0.652. The highest BCUT2D eigenvalue weighted by molar-refractivity contribution is 5.76. The molecule has 0 saturated carbocycles. The van der Waals surface area contributed by atoms with Gasteiger partial charge in [-0.25, -0.2) is 4.98 Å². The highest BCUT2D eigenvalue weighted by Gasteiger charge is 2.27. The van der Waals surface area contributed by atoms with Gasteiger partial charge < -0.3 is 23.5 Å². The van der Waals surface area contributed by atoms with Gasteiger partial charge in [0.25, 0.3) is 5.89 Å². The molecule has 1 aliphatic rings.